The molecule has 0 aromatic heterocycles. The summed E-state index contributed by atoms with van der Waals surface area (Å²) >= 11 is 5.82. The molecule has 2 aliphatic heterocycles. The van der Waals surface area contributed by atoms with E-state index in [1.54, 1.807) is 24.3 Å². The number of amides is 4. The Morgan fingerprint density at radius 3 is 2.64 bits per heavy atom. The van der Waals surface area contributed by atoms with Crippen LogP contribution in [0.4, 0.5) is 10.5 Å². The minimum atomic E-state index is -0.680. The minimum Gasteiger partial charge on any atom is -0.352 e. The molecule has 2 aliphatic rings. The van der Waals surface area contributed by atoms with Crippen LogP contribution in [0.5, 0.6) is 0 Å². The summed E-state index contributed by atoms with van der Waals surface area (Å²) in [4.78, 5) is 37.5. The fourth-order valence-corrected chi connectivity index (χ4v) is 3.04. The van der Waals surface area contributed by atoms with Crippen molar-refractivity contribution in [2.24, 2.45) is 0 Å². The molecule has 2 fully saturated rings. The van der Waals surface area contributed by atoms with Gasteiger partial charge in [-0.15, -0.1) is 12.4 Å². The molecule has 2 unspecified atom stereocenters. The Morgan fingerprint density at radius 2 is 2.00 bits per heavy atom. The SMILES string of the molecule is Cl.O=C(CCC1NC(=O)N(c2ccc(Cl)cc2)C1=O)NC1CCNC1. The van der Waals surface area contributed by atoms with Gasteiger partial charge in [-0.25, -0.2) is 9.69 Å². The third-order valence-electron chi connectivity index (χ3n) is 4.19. The summed E-state index contributed by atoms with van der Waals surface area (Å²) < 4.78 is 0. The lowest BCUT2D eigenvalue weighted by Gasteiger charge is -2.14. The lowest BCUT2D eigenvalue weighted by molar-refractivity contribution is -0.122. The molecule has 9 heteroatoms. The van der Waals surface area contributed by atoms with E-state index < -0.39 is 12.1 Å². The molecular weight excluding hydrogens is 367 g/mol. The molecule has 0 saturated carbocycles. The lowest BCUT2D eigenvalue weighted by atomic mass is 10.1. The molecule has 2 heterocycles. The van der Waals surface area contributed by atoms with E-state index in [2.05, 4.69) is 16.0 Å². The number of urea groups is 1. The van der Waals surface area contributed by atoms with Crippen LogP contribution in [0.3, 0.4) is 0 Å². The van der Waals surface area contributed by atoms with Crippen molar-refractivity contribution in [3.05, 3.63) is 29.3 Å². The summed E-state index contributed by atoms with van der Waals surface area (Å²) in [5.74, 6) is -0.451. The number of halogens is 2. The number of hydrogen-bond acceptors (Lipinski definition) is 4. The second-order valence-corrected chi connectivity index (χ2v) is 6.38. The highest BCUT2D eigenvalue weighted by Gasteiger charge is 2.38. The molecule has 3 rings (SSSR count). The molecule has 2 saturated heterocycles. The predicted molar refractivity (Wildman–Crippen MR) is 97.2 cm³/mol. The first kappa shape index (κ1) is 19.5. The second-order valence-electron chi connectivity index (χ2n) is 5.95. The highest BCUT2D eigenvalue weighted by Crippen LogP contribution is 2.23. The molecule has 0 bridgehead atoms. The van der Waals surface area contributed by atoms with E-state index in [-0.39, 0.29) is 43.1 Å². The highest BCUT2D eigenvalue weighted by molar-refractivity contribution is 6.30. The number of benzene rings is 1. The van der Waals surface area contributed by atoms with Crippen LogP contribution in [0.15, 0.2) is 24.3 Å². The molecule has 3 N–H and O–H groups in total. The van der Waals surface area contributed by atoms with Crippen LogP contribution in [0, 0.1) is 0 Å². The van der Waals surface area contributed by atoms with Gasteiger partial charge in [0.05, 0.1) is 5.69 Å². The summed E-state index contributed by atoms with van der Waals surface area (Å²) in [5.41, 5.74) is 0.464. The standard InChI is InChI=1S/C16H19ClN4O3.ClH/c17-10-1-3-12(4-2-10)21-15(23)13(20-16(21)24)5-6-14(22)19-11-7-8-18-9-11;/h1-4,11,13,18H,5-9H2,(H,19,22)(H,20,24);1H. The monoisotopic (exact) mass is 386 g/mol. The smallest absolute Gasteiger partial charge is 0.329 e. The Kier molecular flexibility index (Phi) is 6.64. The maximum Gasteiger partial charge on any atom is 0.329 e. The number of nitrogens with zero attached hydrogens (tertiary/aromatic N) is 1. The number of carbonyl (C=O) groups is 3. The maximum absolute atomic E-state index is 12.4. The number of rotatable bonds is 5. The highest BCUT2D eigenvalue weighted by atomic mass is 35.5. The first-order chi connectivity index (χ1) is 11.5. The first-order valence-corrected chi connectivity index (χ1v) is 8.32. The molecule has 0 radical (unpaired) electrons. The van der Waals surface area contributed by atoms with Crippen molar-refractivity contribution in [2.45, 2.75) is 31.3 Å². The van der Waals surface area contributed by atoms with Crippen LogP contribution < -0.4 is 20.9 Å². The maximum atomic E-state index is 12.4. The molecule has 25 heavy (non-hydrogen) atoms. The van der Waals surface area contributed by atoms with Gasteiger partial charge in [0.2, 0.25) is 5.91 Å². The van der Waals surface area contributed by atoms with Gasteiger partial charge in [0, 0.05) is 24.0 Å². The number of carbonyl (C=O) groups excluding carboxylic acids is 3. The van der Waals surface area contributed by atoms with Gasteiger partial charge in [0.1, 0.15) is 6.04 Å². The Balaban J connectivity index is 0.00000225. The summed E-state index contributed by atoms with van der Waals surface area (Å²) in [5, 5.41) is 9.25. The van der Waals surface area contributed by atoms with Gasteiger partial charge < -0.3 is 16.0 Å². The molecule has 0 aliphatic carbocycles. The van der Waals surface area contributed by atoms with Crippen molar-refractivity contribution in [3.8, 4) is 0 Å². The zero-order valence-electron chi connectivity index (χ0n) is 13.5. The zero-order valence-corrected chi connectivity index (χ0v) is 15.0. The van der Waals surface area contributed by atoms with Crippen LogP contribution in [-0.4, -0.2) is 43.0 Å². The topological polar surface area (TPSA) is 90.5 Å². The molecule has 136 valence electrons. The van der Waals surface area contributed by atoms with Gasteiger partial charge >= 0.3 is 6.03 Å². The van der Waals surface area contributed by atoms with E-state index >= 15 is 0 Å². The van der Waals surface area contributed by atoms with E-state index in [4.69, 9.17) is 11.6 Å². The van der Waals surface area contributed by atoms with Gasteiger partial charge in [-0.1, -0.05) is 11.6 Å². The summed E-state index contributed by atoms with van der Waals surface area (Å²) in [6.45, 7) is 1.67. The third-order valence-corrected chi connectivity index (χ3v) is 4.44. The number of hydrogen-bond donors (Lipinski definition) is 3. The van der Waals surface area contributed by atoms with Crippen LogP contribution in [0.1, 0.15) is 19.3 Å². The van der Waals surface area contributed by atoms with E-state index in [9.17, 15) is 14.4 Å². The molecule has 0 spiro atoms. The van der Waals surface area contributed by atoms with E-state index in [0.717, 1.165) is 24.4 Å². The van der Waals surface area contributed by atoms with Crippen LogP contribution in [0.2, 0.25) is 5.02 Å². The average molecular weight is 387 g/mol. The third kappa shape index (κ3) is 4.62. The van der Waals surface area contributed by atoms with Crippen LogP contribution >= 0.6 is 24.0 Å². The van der Waals surface area contributed by atoms with E-state index in [0.29, 0.717) is 10.7 Å². The fraction of sp³-hybridized carbons (Fsp3) is 0.438. The number of nitrogens with one attached hydrogen (secondary N) is 3. The Labute approximate surface area is 156 Å². The van der Waals surface area contributed by atoms with E-state index in [1.807, 2.05) is 0 Å². The summed E-state index contributed by atoms with van der Waals surface area (Å²) in [7, 11) is 0. The fourth-order valence-electron chi connectivity index (χ4n) is 2.91. The van der Waals surface area contributed by atoms with Crippen molar-refractivity contribution < 1.29 is 14.4 Å². The molecule has 1 aromatic carbocycles. The lowest BCUT2D eigenvalue weighted by Crippen LogP contribution is -2.38. The van der Waals surface area contributed by atoms with Crippen LogP contribution in [-0.2, 0) is 9.59 Å². The first-order valence-electron chi connectivity index (χ1n) is 7.94. The average Bonchev–Trinajstić information content (AvgIpc) is 3.15. The molecule has 4 amide bonds. The van der Waals surface area contributed by atoms with Crippen molar-refractivity contribution >= 4 is 47.5 Å². The number of anilines is 1. The normalized spacial score (nSPS) is 22.5. The number of imide groups is 1. The van der Waals surface area contributed by atoms with Crippen molar-refractivity contribution in [1.82, 2.24) is 16.0 Å². The van der Waals surface area contributed by atoms with E-state index in [1.165, 1.54) is 0 Å². The van der Waals surface area contributed by atoms with Gasteiger partial charge in [-0.2, -0.15) is 0 Å². The second kappa shape index (κ2) is 8.51. The van der Waals surface area contributed by atoms with Gasteiger partial charge in [0.15, 0.2) is 0 Å². The quantitative estimate of drug-likeness (QED) is 0.667. The molecule has 1 aromatic rings. The minimum absolute atomic E-state index is 0. The predicted octanol–water partition coefficient (Wildman–Crippen LogP) is 1.44. The Hall–Kier alpha value is -1.83. The summed E-state index contributed by atoms with van der Waals surface area (Å²) in [6, 6.07) is 5.46. The van der Waals surface area contributed by atoms with Crippen molar-refractivity contribution in [1.29, 1.82) is 0 Å². The van der Waals surface area contributed by atoms with Crippen molar-refractivity contribution in [2.75, 3.05) is 18.0 Å². The molecule has 7 nitrogen and oxygen atoms in total. The Morgan fingerprint density at radius 1 is 1.28 bits per heavy atom. The van der Waals surface area contributed by atoms with Gasteiger partial charge in [-0.3, -0.25) is 9.59 Å². The zero-order chi connectivity index (χ0) is 17.1. The molecular formula is C16H20Cl2N4O3. The Bertz CT molecular complexity index is 647. The van der Waals surface area contributed by atoms with Gasteiger partial charge in [-0.05, 0) is 43.7 Å². The molecule has 2 atom stereocenters. The van der Waals surface area contributed by atoms with Crippen LogP contribution in [0.25, 0.3) is 0 Å². The largest absolute Gasteiger partial charge is 0.352 e. The van der Waals surface area contributed by atoms with Crippen molar-refractivity contribution in [3.63, 3.8) is 0 Å². The van der Waals surface area contributed by atoms with Gasteiger partial charge in [0.25, 0.3) is 5.91 Å². The summed E-state index contributed by atoms with van der Waals surface area (Å²) in [6.07, 6.45) is 1.39.